The lowest BCUT2D eigenvalue weighted by molar-refractivity contribution is 1.45. The monoisotopic (exact) mass is 132 g/mol. The average Bonchev–Trinajstić information content (AvgIpc) is 2.34. The van der Waals surface area contributed by atoms with Gasteiger partial charge in [0.1, 0.15) is 0 Å². The first-order valence-corrected chi connectivity index (χ1v) is 3.63. The van der Waals surface area contributed by atoms with E-state index in [1.54, 1.807) is 0 Å². The zero-order chi connectivity index (χ0) is 6.97. The molecule has 0 saturated heterocycles. The number of fused-ring (bicyclic) bond motifs is 1. The Morgan fingerprint density at radius 1 is 1.30 bits per heavy atom. The maximum Gasteiger partial charge on any atom is 0 e. The van der Waals surface area contributed by atoms with Gasteiger partial charge >= 0.3 is 0 Å². The number of benzene rings is 1. The highest BCUT2D eigenvalue weighted by molar-refractivity contribution is 5.56. The van der Waals surface area contributed by atoms with Gasteiger partial charge in [-0.15, -0.1) is 0 Å². The van der Waals surface area contributed by atoms with Crippen molar-refractivity contribution in [2.45, 2.75) is 13.3 Å². The summed E-state index contributed by atoms with van der Waals surface area (Å²) < 4.78 is 0. The molecule has 1 aromatic carbocycles. The van der Waals surface area contributed by atoms with Crippen LogP contribution in [0.1, 0.15) is 14.8 Å². The van der Waals surface area contributed by atoms with Gasteiger partial charge in [0.25, 0.3) is 0 Å². The van der Waals surface area contributed by atoms with Gasteiger partial charge in [0.05, 0.1) is 0 Å². The van der Waals surface area contributed by atoms with Crippen LogP contribution < -0.4 is 10.4 Å². The van der Waals surface area contributed by atoms with E-state index in [1.165, 1.54) is 16.0 Å². The van der Waals surface area contributed by atoms with Crippen LogP contribution in [0, 0.1) is 0 Å². The Labute approximate surface area is 62.0 Å². The molecule has 0 nitrogen and oxygen atoms in total. The van der Waals surface area contributed by atoms with E-state index in [2.05, 4.69) is 37.3 Å². The smallest absolute Gasteiger partial charge is 0 e. The van der Waals surface area contributed by atoms with Crippen molar-refractivity contribution < 1.29 is 1.43 Å². The van der Waals surface area contributed by atoms with Crippen molar-refractivity contribution in [3.8, 4) is 0 Å². The lowest BCUT2D eigenvalue weighted by Crippen LogP contribution is -2.20. The minimum Gasteiger partial charge on any atom is -0.0726 e. The highest BCUT2D eigenvalue weighted by Gasteiger charge is 1.96. The molecule has 0 unspecified atom stereocenters. The van der Waals surface area contributed by atoms with Gasteiger partial charge in [0, 0.05) is 1.43 Å². The predicted octanol–water partition coefficient (Wildman–Crippen LogP) is 1.29. The number of rotatable bonds is 0. The van der Waals surface area contributed by atoms with Crippen LogP contribution in [-0.2, 0) is 0 Å². The molecular formula is C10H12. The molecule has 1 aliphatic carbocycles. The molecule has 10 heavy (non-hydrogen) atoms. The van der Waals surface area contributed by atoms with E-state index in [-0.39, 0.29) is 1.43 Å². The van der Waals surface area contributed by atoms with Crippen LogP contribution in [0.5, 0.6) is 0 Å². The summed E-state index contributed by atoms with van der Waals surface area (Å²) in [5.41, 5.74) is 1.50. The number of hydrogen-bond acceptors (Lipinski definition) is 0. The summed E-state index contributed by atoms with van der Waals surface area (Å²) in [6.07, 6.45) is 3.42. The SMILES string of the molecule is CC1=c2ccccc2=CC1.[HH]. The van der Waals surface area contributed by atoms with E-state index >= 15 is 0 Å². The first kappa shape index (κ1) is 5.72. The zero-order valence-electron chi connectivity index (χ0n) is 6.09. The quantitative estimate of drug-likeness (QED) is 0.499. The van der Waals surface area contributed by atoms with Crippen LogP contribution in [-0.4, -0.2) is 0 Å². The topological polar surface area (TPSA) is 0 Å². The lowest BCUT2D eigenvalue weighted by Gasteiger charge is -1.86. The highest BCUT2D eigenvalue weighted by atomic mass is 14.0. The van der Waals surface area contributed by atoms with Gasteiger partial charge in [-0.1, -0.05) is 35.9 Å². The summed E-state index contributed by atoms with van der Waals surface area (Å²) in [5.74, 6) is 0. The second kappa shape index (κ2) is 1.98. The molecule has 0 atom stereocenters. The Morgan fingerprint density at radius 3 is 2.90 bits per heavy atom. The second-order valence-corrected chi connectivity index (χ2v) is 2.78. The number of hydrogen-bond donors (Lipinski definition) is 0. The van der Waals surface area contributed by atoms with Crippen molar-refractivity contribution in [2.75, 3.05) is 0 Å². The molecule has 0 fully saturated rings. The zero-order valence-corrected chi connectivity index (χ0v) is 6.09. The van der Waals surface area contributed by atoms with Crippen LogP contribution in [0.4, 0.5) is 0 Å². The minimum absolute atomic E-state index is 0. The fourth-order valence-corrected chi connectivity index (χ4v) is 1.44. The Hall–Kier alpha value is -1.04. The molecule has 0 spiro atoms. The molecule has 0 N–H and O–H groups in total. The molecule has 0 aromatic heterocycles. The van der Waals surface area contributed by atoms with Gasteiger partial charge in [-0.25, -0.2) is 0 Å². The average molecular weight is 132 g/mol. The van der Waals surface area contributed by atoms with Gasteiger partial charge in [-0.05, 0) is 23.8 Å². The second-order valence-electron chi connectivity index (χ2n) is 2.78. The largest absolute Gasteiger partial charge is 0.0726 e. The fraction of sp³-hybridized carbons (Fsp3) is 0.200. The summed E-state index contributed by atoms with van der Waals surface area (Å²) in [6, 6.07) is 8.55. The van der Waals surface area contributed by atoms with Crippen LogP contribution in [0.25, 0.3) is 11.6 Å². The third-order valence-electron chi connectivity index (χ3n) is 2.05. The summed E-state index contributed by atoms with van der Waals surface area (Å²) in [6.45, 7) is 2.20. The molecule has 1 aliphatic rings. The molecule has 2 rings (SSSR count). The van der Waals surface area contributed by atoms with E-state index < -0.39 is 0 Å². The van der Waals surface area contributed by atoms with E-state index in [0.717, 1.165) is 6.42 Å². The van der Waals surface area contributed by atoms with Crippen molar-refractivity contribution in [1.82, 2.24) is 0 Å². The molecule has 0 saturated carbocycles. The molecule has 0 aliphatic heterocycles. The van der Waals surface area contributed by atoms with E-state index in [4.69, 9.17) is 0 Å². The normalized spacial score (nSPS) is 14.7. The van der Waals surface area contributed by atoms with Crippen molar-refractivity contribution in [1.29, 1.82) is 0 Å². The van der Waals surface area contributed by atoms with Gasteiger partial charge < -0.3 is 0 Å². The Bertz CT molecular complexity index is 363. The van der Waals surface area contributed by atoms with Crippen molar-refractivity contribution in [3.05, 3.63) is 34.7 Å². The fourth-order valence-electron chi connectivity index (χ4n) is 1.44. The van der Waals surface area contributed by atoms with E-state index in [9.17, 15) is 0 Å². The maximum atomic E-state index is 2.28. The summed E-state index contributed by atoms with van der Waals surface area (Å²) in [7, 11) is 0. The first-order valence-electron chi connectivity index (χ1n) is 3.63. The molecule has 0 heteroatoms. The molecule has 0 heterocycles. The van der Waals surface area contributed by atoms with Crippen LogP contribution in [0.3, 0.4) is 0 Å². The predicted molar refractivity (Wildman–Crippen MR) is 46.0 cm³/mol. The summed E-state index contributed by atoms with van der Waals surface area (Å²) in [5, 5.41) is 2.84. The first-order chi connectivity index (χ1) is 4.88. The Kier molecular flexibility index (Phi) is 1.13. The van der Waals surface area contributed by atoms with Gasteiger partial charge in [-0.2, -0.15) is 0 Å². The maximum absolute atomic E-state index is 2.28. The minimum atomic E-state index is 0. The molecule has 0 amide bonds. The van der Waals surface area contributed by atoms with Gasteiger partial charge in [0.15, 0.2) is 0 Å². The molecule has 0 bridgehead atoms. The molecule has 1 aromatic rings. The van der Waals surface area contributed by atoms with Crippen molar-refractivity contribution in [3.63, 3.8) is 0 Å². The lowest BCUT2D eigenvalue weighted by atomic mass is 10.2. The van der Waals surface area contributed by atoms with E-state index in [0.29, 0.717) is 0 Å². The van der Waals surface area contributed by atoms with Gasteiger partial charge in [-0.3, -0.25) is 0 Å². The third kappa shape index (κ3) is 0.688. The van der Waals surface area contributed by atoms with E-state index in [1.807, 2.05) is 0 Å². The standard InChI is InChI=1S/C10H10.H2/c1-8-6-7-9-4-2-3-5-10(8)9;/h2-5,7H,6H2,1H3;1H. The molecule has 0 radical (unpaired) electrons. The summed E-state index contributed by atoms with van der Waals surface area (Å²) >= 11 is 0. The van der Waals surface area contributed by atoms with Crippen LogP contribution in [0.2, 0.25) is 0 Å². The van der Waals surface area contributed by atoms with Gasteiger partial charge in [0.2, 0.25) is 0 Å². The third-order valence-corrected chi connectivity index (χ3v) is 2.05. The van der Waals surface area contributed by atoms with Crippen LogP contribution >= 0.6 is 0 Å². The highest BCUT2D eigenvalue weighted by Crippen LogP contribution is 2.01. The molecular weight excluding hydrogens is 120 g/mol. The molecule has 52 valence electrons. The van der Waals surface area contributed by atoms with Crippen molar-refractivity contribution >= 4 is 11.6 Å². The van der Waals surface area contributed by atoms with Crippen LogP contribution in [0.15, 0.2) is 24.3 Å². The Balaban J connectivity index is 0.000000605. The summed E-state index contributed by atoms with van der Waals surface area (Å²) in [4.78, 5) is 0. The van der Waals surface area contributed by atoms with Crippen molar-refractivity contribution in [2.24, 2.45) is 0 Å². The Morgan fingerprint density at radius 2 is 2.10 bits per heavy atom.